The Labute approximate surface area is 103 Å². The Hall–Kier alpha value is -0.500. The van der Waals surface area contributed by atoms with Gasteiger partial charge in [0, 0.05) is 17.6 Å². The predicted molar refractivity (Wildman–Crippen MR) is 69.7 cm³/mol. The van der Waals surface area contributed by atoms with Crippen molar-refractivity contribution in [3.8, 4) is 0 Å². The molecule has 0 amide bonds. The van der Waals surface area contributed by atoms with Crippen molar-refractivity contribution < 1.29 is 0 Å². The lowest BCUT2D eigenvalue weighted by molar-refractivity contribution is 0.617. The van der Waals surface area contributed by atoms with Gasteiger partial charge in [0.1, 0.15) is 0 Å². The lowest BCUT2D eigenvalue weighted by Gasteiger charge is -2.12. The van der Waals surface area contributed by atoms with Crippen LogP contribution in [0.3, 0.4) is 0 Å². The van der Waals surface area contributed by atoms with Crippen molar-refractivity contribution in [2.75, 3.05) is 6.54 Å². The van der Waals surface area contributed by atoms with E-state index >= 15 is 0 Å². The first-order valence-electron chi connectivity index (χ1n) is 4.80. The van der Waals surface area contributed by atoms with Crippen LogP contribution in [0, 0.1) is 0 Å². The molecule has 0 aromatic heterocycles. The molecule has 1 nitrogen and oxygen atoms in total. The van der Waals surface area contributed by atoms with Crippen LogP contribution in [0.4, 0.5) is 0 Å². The Bertz CT molecular complexity index is 292. The maximum atomic E-state index is 5.73. The third kappa shape index (κ3) is 5.83. The summed E-state index contributed by atoms with van der Waals surface area (Å²) in [5.74, 6) is 0. The molecule has 0 aliphatic carbocycles. The molecular formula is C12H17Cl2N. The molecule has 0 radical (unpaired) electrons. The number of nitrogens with one attached hydrogen (secondary N) is 1. The van der Waals surface area contributed by atoms with Gasteiger partial charge in [0.05, 0.1) is 0 Å². The number of hydrogen-bond acceptors (Lipinski definition) is 1. The van der Waals surface area contributed by atoms with E-state index in [-0.39, 0.29) is 12.4 Å². The van der Waals surface area contributed by atoms with E-state index in [2.05, 4.69) is 36.5 Å². The van der Waals surface area contributed by atoms with Crippen molar-refractivity contribution in [1.82, 2.24) is 5.32 Å². The van der Waals surface area contributed by atoms with Crippen LogP contribution < -0.4 is 5.32 Å². The Kier molecular flexibility index (Phi) is 7.49. The summed E-state index contributed by atoms with van der Waals surface area (Å²) in [6, 6.07) is 10.7. The van der Waals surface area contributed by atoms with Crippen LogP contribution in [-0.4, -0.2) is 6.54 Å². The van der Waals surface area contributed by atoms with Crippen LogP contribution >= 0.6 is 24.0 Å². The molecule has 15 heavy (non-hydrogen) atoms. The molecule has 0 heterocycles. The fourth-order valence-electron chi connectivity index (χ4n) is 1.24. The average Bonchev–Trinajstić information content (AvgIpc) is 2.18. The van der Waals surface area contributed by atoms with Crippen LogP contribution in [0.15, 0.2) is 41.4 Å². The maximum absolute atomic E-state index is 5.73. The normalized spacial score (nSPS) is 13.1. The molecule has 84 valence electrons. The molecular weight excluding hydrogens is 229 g/mol. The van der Waals surface area contributed by atoms with E-state index in [1.165, 1.54) is 5.56 Å². The summed E-state index contributed by atoms with van der Waals surface area (Å²) in [4.78, 5) is 0. The van der Waals surface area contributed by atoms with Gasteiger partial charge >= 0.3 is 0 Å². The van der Waals surface area contributed by atoms with Gasteiger partial charge in [-0.2, -0.15) is 0 Å². The number of hydrogen-bond donors (Lipinski definition) is 1. The Morgan fingerprint density at radius 3 is 2.53 bits per heavy atom. The monoisotopic (exact) mass is 245 g/mol. The van der Waals surface area contributed by atoms with Crippen LogP contribution in [-0.2, 0) is 0 Å². The zero-order chi connectivity index (χ0) is 10.4. The molecule has 1 N–H and O–H groups in total. The molecule has 0 aliphatic rings. The van der Waals surface area contributed by atoms with E-state index in [0.717, 1.165) is 11.6 Å². The molecule has 3 heteroatoms. The van der Waals surface area contributed by atoms with Gasteiger partial charge in [0.15, 0.2) is 0 Å². The summed E-state index contributed by atoms with van der Waals surface area (Å²) in [5.41, 5.74) is 1.30. The van der Waals surface area contributed by atoms with Crippen molar-refractivity contribution in [3.63, 3.8) is 0 Å². The molecule has 1 aromatic carbocycles. The van der Waals surface area contributed by atoms with Crippen LogP contribution in [0.1, 0.15) is 25.5 Å². The standard InChI is InChI=1S/C12H16ClN.ClH/c1-10(13)8-9-14-11(2)12-6-4-3-5-7-12;/h3-8,11,14H,9H2,1-2H3;1H/b10-8+;. The third-order valence-electron chi connectivity index (χ3n) is 2.11. The zero-order valence-electron chi connectivity index (χ0n) is 9.03. The molecule has 0 bridgehead atoms. The highest BCUT2D eigenvalue weighted by Crippen LogP contribution is 2.10. The fraction of sp³-hybridized carbons (Fsp3) is 0.333. The first-order chi connectivity index (χ1) is 6.70. The zero-order valence-corrected chi connectivity index (χ0v) is 10.6. The van der Waals surface area contributed by atoms with Crippen molar-refractivity contribution >= 4 is 24.0 Å². The summed E-state index contributed by atoms with van der Waals surface area (Å²) in [6.07, 6.45) is 1.97. The maximum Gasteiger partial charge on any atom is 0.0294 e. The van der Waals surface area contributed by atoms with Crippen LogP contribution in [0.5, 0.6) is 0 Å². The highest BCUT2D eigenvalue weighted by atomic mass is 35.5. The number of allylic oxidation sites excluding steroid dienone is 1. The van der Waals surface area contributed by atoms with Gasteiger partial charge < -0.3 is 5.32 Å². The molecule has 1 rings (SSSR count). The van der Waals surface area contributed by atoms with Gasteiger partial charge in [-0.15, -0.1) is 12.4 Å². The van der Waals surface area contributed by atoms with Gasteiger partial charge in [0.2, 0.25) is 0 Å². The average molecular weight is 246 g/mol. The second-order valence-corrected chi connectivity index (χ2v) is 3.93. The van der Waals surface area contributed by atoms with Crippen LogP contribution in [0.2, 0.25) is 0 Å². The second-order valence-electron chi connectivity index (χ2n) is 3.33. The molecule has 0 fully saturated rings. The lowest BCUT2D eigenvalue weighted by Crippen LogP contribution is -2.18. The first kappa shape index (κ1) is 14.5. The van der Waals surface area contributed by atoms with Crippen molar-refractivity contribution in [2.45, 2.75) is 19.9 Å². The molecule has 1 aromatic rings. The fourth-order valence-corrected chi connectivity index (χ4v) is 1.31. The largest absolute Gasteiger partial charge is 0.307 e. The van der Waals surface area contributed by atoms with Crippen LogP contribution in [0.25, 0.3) is 0 Å². The summed E-state index contributed by atoms with van der Waals surface area (Å²) in [5, 5.41) is 4.20. The molecule has 0 saturated heterocycles. The van der Waals surface area contributed by atoms with E-state index in [1.807, 2.05) is 19.1 Å². The van der Waals surface area contributed by atoms with E-state index < -0.39 is 0 Å². The molecule has 0 aliphatic heterocycles. The third-order valence-corrected chi connectivity index (χ3v) is 2.26. The second kappa shape index (κ2) is 7.75. The van der Waals surface area contributed by atoms with E-state index in [9.17, 15) is 0 Å². The molecule has 1 unspecified atom stereocenters. The smallest absolute Gasteiger partial charge is 0.0294 e. The molecule has 0 saturated carbocycles. The molecule has 1 atom stereocenters. The summed E-state index contributed by atoms with van der Waals surface area (Å²) in [6.45, 7) is 4.84. The highest BCUT2D eigenvalue weighted by molar-refractivity contribution is 6.29. The number of halogens is 2. The van der Waals surface area contributed by atoms with Gasteiger partial charge in [-0.3, -0.25) is 0 Å². The summed E-state index contributed by atoms with van der Waals surface area (Å²) in [7, 11) is 0. The minimum absolute atomic E-state index is 0. The number of rotatable bonds is 4. The highest BCUT2D eigenvalue weighted by Gasteiger charge is 2.01. The minimum Gasteiger partial charge on any atom is -0.307 e. The van der Waals surface area contributed by atoms with E-state index in [0.29, 0.717) is 6.04 Å². The Balaban J connectivity index is 0.00000196. The molecule has 0 spiro atoms. The summed E-state index contributed by atoms with van der Waals surface area (Å²) >= 11 is 5.73. The quantitative estimate of drug-likeness (QED) is 0.849. The van der Waals surface area contributed by atoms with Gasteiger partial charge in [-0.25, -0.2) is 0 Å². The minimum atomic E-state index is 0. The van der Waals surface area contributed by atoms with E-state index in [1.54, 1.807) is 0 Å². The van der Waals surface area contributed by atoms with Gasteiger partial charge in [0.25, 0.3) is 0 Å². The first-order valence-corrected chi connectivity index (χ1v) is 5.18. The van der Waals surface area contributed by atoms with Crippen molar-refractivity contribution in [3.05, 3.63) is 47.0 Å². The summed E-state index contributed by atoms with van der Waals surface area (Å²) < 4.78 is 0. The Morgan fingerprint density at radius 2 is 2.00 bits per heavy atom. The van der Waals surface area contributed by atoms with Gasteiger partial charge in [-0.05, 0) is 19.4 Å². The lowest BCUT2D eigenvalue weighted by atomic mass is 10.1. The number of benzene rings is 1. The predicted octanol–water partition coefficient (Wildman–Crippen LogP) is 3.90. The van der Waals surface area contributed by atoms with Crippen molar-refractivity contribution in [1.29, 1.82) is 0 Å². The van der Waals surface area contributed by atoms with Gasteiger partial charge in [-0.1, -0.05) is 48.0 Å². The van der Waals surface area contributed by atoms with E-state index in [4.69, 9.17) is 11.6 Å². The topological polar surface area (TPSA) is 12.0 Å². The Morgan fingerprint density at radius 1 is 1.40 bits per heavy atom. The SMILES string of the molecule is C/C(Cl)=C\CNC(C)c1ccccc1.Cl. The van der Waals surface area contributed by atoms with Crippen molar-refractivity contribution in [2.24, 2.45) is 0 Å².